The summed E-state index contributed by atoms with van der Waals surface area (Å²) in [7, 11) is 0. The second-order valence-corrected chi connectivity index (χ2v) is 6.21. The van der Waals surface area contributed by atoms with E-state index >= 15 is 0 Å². The molecule has 1 N–H and O–H groups in total. The first-order valence-corrected chi connectivity index (χ1v) is 7.88. The maximum absolute atomic E-state index is 14.3. The first-order chi connectivity index (χ1) is 9.75. The summed E-state index contributed by atoms with van der Waals surface area (Å²) in [5, 5.41) is 5.43. The van der Waals surface area contributed by atoms with E-state index in [1.807, 2.05) is 25.1 Å². The van der Waals surface area contributed by atoms with Crippen LogP contribution in [0.2, 0.25) is 0 Å². The topological polar surface area (TPSA) is 15.3 Å². The van der Waals surface area contributed by atoms with Crippen molar-refractivity contribution < 1.29 is 4.39 Å². The van der Waals surface area contributed by atoms with E-state index in [-0.39, 0.29) is 24.3 Å². The van der Waals surface area contributed by atoms with Crippen molar-refractivity contribution in [2.45, 2.75) is 13.0 Å². The van der Waals surface area contributed by atoms with Gasteiger partial charge in [-0.1, -0.05) is 23.8 Å². The van der Waals surface area contributed by atoms with Gasteiger partial charge in [0.1, 0.15) is 5.82 Å². The molecule has 0 unspecified atom stereocenters. The lowest BCUT2D eigenvalue weighted by Gasteiger charge is -2.35. The lowest BCUT2D eigenvalue weighted by molar-refractivity contribution is 0.197. The Morgan fingerprint density at radius 2 is 2.00 bits per heavy atom. The molecule has 2 nitrogen and oxygen atoms in total. The van der Waals surface area contributed by atoms with E-state index in [1.165, 1.54) is 4.88 Å². The largest absolute Gasteiger partial charge is 0.314 e. The Kier molecular flexibility index (Phi) is 5.76. The third-order valence-corrected chi connectivity index (χ3v) is 4.70. The second kappa shape index (κ2) is 7.36. The maximum Gasteiger partial charge on any atom is 0.128 e. The number of halogens is 2. The van der Waals surface area contributed by atoms with E-state index in [0.717, 1.165) is 37.3 Å². The van der Waals surface area contributed by atoms with E-state index in [9.17, 15) is 4.39 Å². The minimum Gasteiger partial charge on any atom is -0.314 e. The number of rotatable bonds is 3. The fourth-order valence-corrected chi connectivity index (χ4v) is 3.67. The number of hydrogen-bond donors (Lipinski definition) is 1. The maximum atomic E-state index is 14.3. The number of nitrogens with one attached hydrogen (secondary N) is 1. The van der Waals surface area contributed by atoms with Crippen molar-refractivity contribution in [2.24, 2.45) is 0 Å². The average molecular weight is 327 g/mol. The number of thiophene rings is 1. The van der Waals surface area contributed by atoms with Crippen LogP contribution in [0.4, 0.5) is 4.39 Å². The molecule has 1 atom stereocenters. The van der Waals surface area contributed by atoms with Crippen LogP contribution in [-0.2, 0) is 0 Å². The molecule has 1 aromatic carbocycles. The summed E-state index contributed by atoms with van der Waals surface area (Å²) < 4.78 is 14.3. The van der Waals surface area contributed by atoms with Crippen LogP contribution in [0.25, 0.3) is 0 Å². The summed E-state index contributed by atoms with van der Waals surface area (Å²) in [6, 6.07) is 9.61. The summed E-state index contributed by atoms with van der Waals surface area (Å²) in [6.07, 6.45) is 0. The fourth-order valence-electron chi connectivity index (χ4n) is 2.79. The lowest BCUT2D eigenvalue weighted by Crippen LogP contribution is -2.45. The van der Waals surface area contributed by atoms with E-state index in [1.54, 1.807) is 17.4 Å². The van der Waals surface area contributed by atoms with Gasteiger partial charge in [0.15, 0.2) is 0 Å². The SMILES string of the molecule is Cc1ccc(F)c([C@H](c2cccs2)N2CCNCC2)c1.Cl. The average Bonchev–Trinajstić information content (AvgIpc) is 2.98. The van der Waals surface area contributed by atoms with Gasteiger partial charge in [-0.2, -0.15) is 0 Å². The van der Waals surface area contributed by atoms with E-state index in [4.69, 9.17) is 0 Å². The number of benzene rings is 1. The van der Waals surface area contributed by atoms with Crippen LogP contribution in [-0.4, -0.2) is 31.1 Å². The van der Waals surface area contributed by atoms with E-state index in [0.29, 0.717) is 0 Å². The van der Waals surface area contributed by atoms with Crippen molar-refractivity contribution >= 4 is 23.7 Å². The molecule has 0 bridgehead atoms. The van der Waals surface area contributed by atoms with Crippen LogP contribution in [0.3, 0.4) is 0 Å². The molecule has 1 saturated heterocycles. The molecule has 1 aliphatic heterocycles. The molecule has 1 fully saturated rings. The molecule has 5 heteroatoms. The minimum atomic E-state index is -0.104. The Balaban J connectivity index is 0.00000161. The smallest absolute Gasteiger partial charge is 0.128 e. The van der Waals surface area contributed by atoms with Gasteiger partial charge in [-0.25, -0.2) is 4.39 Å². The van der Waals surface area contributed by atoms with Crippen molar-refractivity contribution in [1.82, 2.24) is 10.2 Å². The van der Waals surface area contributed by atoms with Crippen LogP contribution in [0.5, 0.6) is 0 Å². The van der Waals surface area contributed by atoms with Crippen molar-refractivity contribution in [3.8, 4) is 0 Å². The molecular weight excluding hydrogens is 307 g/mol. The van der Waals surface area contributed by atoms with Crippen LogP contribution < -0.4 is 5.32 Å². The van der Waals surface area contributed by atoms with Gasteiger partial charge in [0.05, 0.1) is 6.04 Å². The van der Waals surface area contributed by atoms with Crippen LogP contribution in [0.15, 0.2) is 35.7 Å². The highest BCUT2D eigenvalue weighted by molar-refractivity contribution is 7.10. The predicted molar refractivity (Wildman–Crippen MR) is 89.0 cm³/mol. The molecule has 0 spiro atoms. The Hall–Kier alpha value is -0.940. The van der Waals surface area contributed by atoms with E-state index < -0.39 is 0 Å². The molecule has 0 amide bonds. The Labute approximate surface area is 135 Å². The third-order valence-electron chi connectivity index (χ3n) is 3.78. The standard InChI is InChI=1S/C16H19FN2S.ClH/c1-12-4-5-14(17)13(11-12)16(15-3-2-10-20-15)19-8-6-18-7-9-19;/h2-5,10-11,16,18H,6-9H2,1H3;1H/t16-;/m1./s1. The number of aryl methyl sites for hydroxylation is 1. The Morgan fingerprint density at radius 1 is 1.24 bits per heavy atom. The van der Waals surface area contributed by atoms with Gasteiger partial charge in [-0.3, -0.25) is 4.90 Å². The first-order valence-electron chi connectivity index (χ1n) is 7.00. The highest BCUT2D eigenvalue weighted by Crippen LogP contribution is 2.33. The molecule has 0 radical (unpaired) electrons. The van der Waals surface area contributed by atoms with Gasteiger partial charge in [0, 0.05) is 36.6 Å². The molecule has 0 aliphatic carbocycles. The van der Waals surface area contributed by atoms with E-state index in [2.05, 4.69) is 21.7 Å². The van der Waals surface area contributed by atoms with Gasteiger partial charge in [-0.05, 0) is 24.4 Å². The second-order valence-electron chi connectivity index (χ2n) is 5.23. The molecule has 114 valence electrons. The molecule has 2 aromatic rings. The van der Waals surface area contributed by atoms with Crippen molar-refractivity contribution in [3.63, 3.8) is 0 Å². The first kappa shape index (κ1) is 16.4. The van der Waals surface area contributed by atoms with Crippen LogP contribution in [0, 0.1) is 12.7 Å². The fraction of sp³-hybridized carbons (Fsp3) is 0.375. The van der Waals surface area contributed by atoms with Gasteiger partial charge in [0.25, 0.3) is 0 Å². The van der Waals surface area contributed by atoms with Gasteiger partial charge < -0.3 is 5.32 Å². The lowest BCUT2D eigenvalue weighted by atomic mass is 10.00. The van der Waals surface area contributed by atoms with Crippen molar-refractivity contribution in [1.29, 1.82) is 0 Å². The highest BCUT2D eigenvalue weighted by Gasteiger charge is 2.26. The monoisotopic (exact) mass is 326 g/mol. The molecule has 2 heterocycles. The molecule has 1 aliphatic rings. The normalized spacial score (nSPS) is 17.2. The Morgan fingerprint density at radius 3 is 2.67 bits per heavy atom. The highest BCUT2D eigenvalue weighted by atomic mass is 35.5. The molecular formula is C16H20ClFN2S. The summed E-state index contributed by atoms with van der Waals surface area (Å²) >= 11 is 1.71. The van der Waals surface area contributed by atoms with Gasteiger partial charge in [0.2, 0.25) is 0 Å². The molecule has 0 saturated carbocycles. The molecule has 21 heavy (non-hydrogen) atoms. The predicted octanol–water partition coefficient (Wildman–Crippen LogP) is 3.61. The number of hydrogen-bond acceptors (Lipinski definition) is 3. The van der Waals surface area contributed by atoms with Gasteiger partial charge in [-0.15, -0.1) is 23.7 Å². The number of nitrogens with zero attached hydrogens (tertiary/aromatic N) is 1. The number of piperazine rings is 1. The third kappa shape index (κ3) is 3.64. The quantitative estimate of drug-likeness (QED) is 0.927. The zero-order valence-electron chi connectivity index (χ0n) is 12.0. The molecule has 3 rings (SSSR count). The van der Waals surface area contributed by atoms with Crippen molar-refractivity contribution in [2.75, 3.05) is 26.2 Å². The summed E-state index contributed by atoms with van der Waals surface area (Å²) in [6.45, 7) is 5.86. The van der Waals surface area contributed by atoms with Crippen LogP contribution >= 0.6 is 23.7 Å². The zero-order valence-corrected chi connectivity index (χ0v) is 13.6. The summed E-state index contributed by atoms with van der Waals surface area (Å²) in [5.74, 6) is -0.104. The summed E-state index contributed by atoms with van der Waals surface area (Å²) in [4.78, 5) is 3.59. The Bertz CT molecular complexity index is 568. The molecule has 1 aromatic heterocycles. The summed E-state index contributed by atoms with van der Waals surface area (Å²) in [5.41, 5.74) is 1.91. The van der Waals surface area contributed by atoms with Crippen molar-refractivity contribution in [3.05, 3.63) is 57.5 Å². The minimum absolute atomic E-state index is 0. The van der Waals surface area contributed by atoms with Gasteiger partial charge >= 0.3 is 0 Å². The van der Waals surface area contributed by atoms with Crippen LogP contribution in [0.1, 0.15) is 22.0 Å². The zero-order chi connectivity index (χ0) is 13.9.